The van der Waals surface area contributed by atoms with Gasteiger partial charge < -0.3 is 14.2 Å². The fourth-order valence-corrected chi connectivity index (χ4v) is 8.98. The third-order valence-corrected chi connectivity index (χ3v) is 13.4. The number of hydrogen-bond acceptors (Lipinski definition) is 6. The number of esters is 3. The predicted octanol–water partition coefficient (Wildman–Crippen LogP) is 19.2. The second-order valence-electron chi connectivity index (χ2n) is 19.9. The average Bonchev–Trinajstić information content (AvgIpc) is 3.29. The molecule has 0 N–H and O–H groups in total. The van der Waals surface area contributed by atoms with Crippen LogP contribution < -0.4 is 0 Å². The molecule has 0 aliphatic rings. The monoisotopic (exact) mass is 905 g/mol. The van der Waals surface area contributed by atoms with Crippen molar-refractivity contribution in [3.8, 4) is 0 Å². The van der Waals surface area contributed by atoms with Crippen molar-refractivity contribution < 1.29 is 28.6 Å². The first kappa shape index (κ1) is 62.4. The minimum absolute atomic E-state index is 0.0611. The zero-order valence-electron chi connectivity index (χ0n) is 43.6. The van der Waals surface area contributed by atoms with Crippen LogP contribution in [-0.4, -0.2) is 37.2 Å². The lowest BCUT2D eigenvalue weighted by atomic mass is 10.0. The molecule has 0 saturated heterocycles. The summed E-state index contributed by atoms with van der Waals surface area (Å²) in [4.78, 5) is 38.1. The highest BCUT2D eigenvalue weighted by molar-refractivity contribution is 5.71. The number of rotatable bonds is 54. The summed E-state index contributed by atoms with van der Waals surface area (Å²) < 4.78 is 16.9. The number of carbonyl (C=O) groups is 3. The molecule has 1 atom stereocenters. The van der Waals surface area contributed by atoms with Gasteiger partial charge in [-0.25, -0.2) is 0 Å². The molecule has 0 aliphatic heterocycles. The molecule has 6 nitrogen and oxygen atoms in total. The minimum atomic E-state index is -0.760. The van der Waals surface area contributed by atoms with E-state index in [9.17, 15) is 14.4 Å². The second-order valence-corrected chi connectivity index (χ2v) is 19.9. The van der Waals surface area contributed by atoms with Crippen molar-refractivity contribution >= 4 is 17.9 Å². The zero-order valence-corrected chi connectivity index (χ0v) is 43.6. The summed E-state index contributed by atoms with van der Waals surface area (Å²) in [5, 5.41) is 0. The molecule has 64 heavy (non-hydrogen) atoms. The number of unbranched alkanes of at least 4 members (excludes halogenated alkanes) is 43. The van der Waals surface area contributed by atoms with E-state index in [4.69, 9.17) is 14.2 Å². The molecule has 0 spiro atoms. The quantitative estimate of drug-likeness (QED) is 0.0344. The standard InChI is InChI=1S/C58H112O6/c1-4-7-10-13-16-19-22-25-27-28-29-30-31-34-36-39-42-45-48-51-57(60)63-54-55(64-58(61)52-49-46-43-40-37-32-24-21-18-15-12-9-6-3)53-62-56(59)50-47-44-41-38-35-33-26-23-20-17-14-11-8-5-2/h55H,4-54H2,1-3H3/t55-/m0/s1. The highest BCUT2D eigenvalue weighted by Crippen LogP contribution is 2.18. The molecular weight excluding hydrogens is 793 g/mol. The number of carbonyl (C=O) groups excluding carboxylic acids is 3. The molecule has 380 valence electrons. The molecular formula is C58H112O6. The van der Waals surface area contributed by atoms with Gasteiger partial charge in [-0.15, -0.1) is 0 Å². The van der Waals surface area contributed by atoms with Gasteiger partial charge in [0.1, 0.15) is 13.2 Å². The van der Waals surface area contributed by atoms with Gasteiger partial charge in [-0.3, -0.25) is 14.4 Å². The maximum absolute atomic E-state index is 12.8. The van der Waals surface area contributed by atoms with Crippen LogP contribution >= 0.6 is 0 Å². The van der Waals surface area contributed by atoms with Crippen molar-refractivity contribution in [3.63, 3.8) is 0 Å². The number of hydrogen-bond donors (Lipinski definition) is 0. The summed E-state index contributed by atoms with van der Waals surface area (Å²) in [6.45, 7) is 6.70. The largest absolute Gasteiger partial charge is 0.462 e. The van der Waals surface area contributed by atoms with E-state index in [1.165, 1.54) is 238 Å². The average molecular weight is 906 g/mol. The summed E-state index contributed by atoms with van der Waals surface area (Å²) >= 11 is 0. The van der Waals surface area contributed by atoms with Gasteiger partial charge in [0.05, 0.1) is 0 Å². The normalized spacial score (nSPS) is 11.9. The van der Waals surface area contributed by atoms with E-state index in [1.807, 2.05) is 0 Å². The lowest BCUT2D eigenvalue weighted by Gasteiger charge is -2.18. The Balaban J connectivity index is 4.25. The number of ether oxygens (including phenoxy) is 3. The molecule has 0 heterocycles. The van der Waals surface area contributed by atoms with Crippen molar-refractivity contribution in [2.24, 2.45) is 0 Å². The van der Waals surface area contributed by atoms with Gasteiger partial charge in [-0.05, 0) is 19.3 Å². The molecule has 0 aliphatic carbocycles. The predicted molar refractivity (Wildman–Crippen MR) is 275 cm³/mol. The van der Waals surface area contributed by atoms with Crippen LogP contribution in [0.4, 0.5) is 0 Å². The van der Waals surface area contributed by atoms with E-state index in [0.29, 0.717) is 19.3 Å². The van der Waals surface area contributed by atoms with Crippen molar-refractivity contribution in [3.05, 3.63) is 0 Å². The Bertz CT molecular complexity index is 951. The molecule has 0 amide bonds. The summed E-state index contributed by atoms with van der Waals surface area (Å²) in [7, 11) is 0. The lowest BCUT2D eigenvalue weighted by Crippen LogP contribution is -2.30. The third kappa shape index (κ3) is 51.4. The lowest BCUT2D eigenvalue weighted by molar-refractivity contribution is -0.167. The summed E-state index contributed by atoms with van der Waals surface area (Å²) in [6, 6.07) is 0. The molecule has 0 radical (unpaired) electrons. The van der Waals surface area contributed by atoms with Crippen LogP contribution in [0, 0.1) is 0 Å². The SMILES string of the molecule is CCCCCCCCCCCCCCCCCCCCCC(=O)OC[C@H](COC(=O)CCCCCCCCCCCCCCCC)OC(=O)CCCCCCCCCCCCCCC. The first-order chi connectivity index (χ1) is 31.5. The van der Waals surface area contributed by atoms with Gasteiger partial charge in [-0.2, -0.15) is 0 Å². The van der Waals surface area contributed by atoms with Crippen LogP contribution in [0.1, 0.15) is 335 Å². The fraction of sp³-hybridized carbons (Fsp3) is 0.948. The van der Waals surface area contributed by atoms with Crippen LogP contribution in [0.2, 0.25) is 0 Å². The Labute approximate surface area is 399 Å². The molecule has 0 fully saturated rings. The third-order valence-electron chi connectivity index (χ3n) is 13.4. The zero-order chi connectivity index (χ0) is 46.5. The van der Waals surface area contributed by atoms with E-state index in [0.717, 1.165) is 57.8 Å². The van der Waals surface area contributed by atoms with Gasteiger partial charge in [0.25, 0.3) is 0 Å². The van der Waals surface area contributed by atoms with Crippen molar-refractivity contribution in [1.82, 2.24) is 0 Å². The van der Waals surface area contributed by atoms with Crippen LogP contribution in [0.15, 0.2) is 0 Å². The Morgan fingerprint density at radius 2 is 0.422 bits per heavy atom. The van der Waals surface area contributed by atoms with E-state index < -0.39 is 6.10 Å². The van der Waals surface area contributed by atoms with Crippen LogP contribution in [0.5, 0.6) is 0 Å². The first-order valence-electron chi connectivity index (χ1n) is 29.0. The molecule has 0 aromatic carbocycles. The Morgan fingerprint density at radius 1 is 0.250 bits per heavy atom. The van der Waals surface area contributed by atoms with Crippen LogP contribution in [-0.2, 0) is 28.6 Å². The maximum Gasteiger partial charge on any atom is 0.306 e. The van der Waals surface area contributed by atoms with Crippen molar-refractivity contribution in [2.45, 2.75) is 341 Å². The van der Waals surface area contributed by atoms with E-state index in [-0.39, 0.29) is 31.1 Å². The highest BCUT2D eigenvalue weighted by Gasteiger charge is 2.19. The Kier molecular flexibility index (Phi) is 52.7. The van der Waals surface area contributed by atoms with E-state index in [1.54, 1.807) is 0 Å². The summed E-state index contributed by atoms with van der Waals surface area (Å²) in [5.41, 5.74) is 0. The van der Waals surface area contributed by atoms with Crippen molar-refractivity contribution in [2.75, 3.05) is 13.2 Å². The second kappa shape index (κ2) is 54.0. The summed E-state index contributed by atoms with van der Waals surface area (Å²) in [6.07, 6.45) is 59.5. The van der Waals surface area contributed by atoms with Gasteiger partial charge in [0, 0.05) is 19.3 Å². The smallest absolute Gasteiger partial charge is 0.306 e. The van der Waals surface area contributed by atoms with Crippen molar-refractivity contribution in [1.29, 1.82) is 0 Å². The van der Waals surface area contributed by atoms with Gasteiger partial charge in [0.15, 0.2) is 6.10 Å². The summed E-state index contributed by atoms with van der Waals surface area (Å²) in [5.74, 6) is -0.832. The van der Waals surface area contributed by atoms with Gasteiger partial charge >= 0.3 is 17.9 Å². The minimum Gasteiger partial charge on any atom is -0.462 e. The van der Waals surface area contributed by atoms with Gasteiger partial charge in [0.2, 0.25) is 0 Å². The molecule has 0 unspecified atom stereocenters. The maximum atomic E-state index is 12.8. The highest BCUT2D eigenvalue weighted by atomic mass is 16.6. The van der Waals surface area contributed by atoms with E-state index in [2.05, 4.69) is 20.8 Å². The molecule has 0 bridgehead atoms. The van der Waals surface area contributed by atoms with E-state index >= 15 is 0 Å². The van der Waals surface area contributed by atoms with Crippen LogP contribution in [0.3, 0.4) is 0 Å². The Morgan fingerprint density at radius 3 is 0.625 bits per heavy atom. The first-order valence-corrected chi connectivity index (χ1v) is 29.0. The molecule has 0 aromatic rings. The molecule has 0 rings (SSSR count). The van der Waals surface area contributed by atoms with Crippen LogP contribution in [0.25, 0.3) is 0 Å². The topological polar surface area (TPSA) is 78.9 Å². The van der Waals surface area contributed by atoms with Gasteiger partial charge in [-0.1, -0.05) is 297 Å². The Hall–Kier alpha value is -1.59. The molecule has 0 saturated carbocycles. The molecule has 6 heteroatoms. The molecule has 0 aromatic heterocycles. The fourth-order valence-electron chi connectivity index (χ4n) is 8.98.